The first kappa shape index (κ1) is 56.4. The number of methoxy groups -OCH3 is 1. The molecule has 1 fully saturated rings. The quantitative estimate of drug-likeness (QED) is 0.0975. The maximum absolute atomic E-state index is 12.0. The number of hydrogen-bond donors (Lipinski definition) is 2. The molecular formula is C59H52BrN23O5S. The highest BCUT2D eigenvalue weighted by Crippen LogP contribution is 2.29. The third kappa shape index (κ3) is 11.8. The Bertz CT molecular complexity index is 4970. The van der Waals surface area contributed by atoms with Gasteiger partial charge in [0.15, 0.2) is 16.9 Å². The van der Waals surface area contributed by atoms with Crippen molar-refractivity contribution in [3.63, 3.8) is 0 Å². The highest BCUT2D eigenvalue weighted by molar-refractivity contribution is 9.10. The summed E-state index contributed by atoms with van der Waals surface area (Å²) in [4.78, 5) is 40.6. The van der Waals surface area contributed by atoms with E-state index in [1.807, 2.05) is 81.4 Å². The Kier molecular flexibility index (Phi) is 15.7. The Morgan fingerprint density at radius 1 is 0.618 bits per heavy atom. The van der Waals surface area contributed by atoms with Crippen molar-refractivity contribution in [3.05, 3.63) is 173 Å². The van der Waals surface area contributed by atoms with E-state index in [0.29, 0.717) is 89.6 Å². The standard InChI is InChI=1S/C21H19N7OS.C20H18N8O3.C18H15BrN8O/c1-2-4-19-14(3-1)9-17(30-19)13-28-21-20(25-26-28)22-11-18(24-21)15-10-23-27(12-15)16-5-7-29-8-6-16;1-31-20(30)15-3-5-26-4-2-13(8-17(15)26)11-28-19-18(24-25-28)21-10-16(23-19)14-9-22-27(12-14)6-7-29;19-14-2-4-25-3-1-12(7-16(14)25)10-27-18-17(23-24-27)20-9-15(22-18)13-8-21-26(11-13)5-6-28/h1-4,9-12,16H,5-8,13H2;2-5,8-10,12,29H,6-7,11H2,1H3;1-4,7-9,11,28H,5-6,10H2. The molecule has 16 rings (SSSR count). The number of fused-ring (bicyclic) bond motifs is 6. The van der Waals surface area contributed by atoms with Crippen molar-refractivity contribution in [1.82, 2.24) is 113 Å². The van der Waals surface area contributed by atoms with Crippen LogP contribution in [-0.2, 0) is 42.2 Å². The van der Waals surface area contributed by atoms with Crippen LogP contribution in [0.3, 0.4) is 0 Å². The molecule has 0 unspecified atom stereocenters. The molecule has 2 N–H and O–H groups in total. The van der Waals surface area contributed by atoms with Crippen molar-refractivity contribution in [2.75, 3.05) is 33.5 Å². The van der Waals surface area contributed by atoms with Crippen molar-refractivity contribution in [1.29, 1.82) is 0 Å². The minimum absolute atomic E-state index is 0.00618. The second-order valence-electron chi connectivity index (χ2n) is 20.7. The van der Waals surface area contributed by atoms with Crippen LogP contribution in [0.25, 0.3) is 88.8 Å². The van der Waals surface area contributed by atoms with Crippen LogP contribution in [0.5, 0.6) is 0 Å². The number of benzene rings is 1. The number of hydrogen-bond acceptors (Lipinski definition) is 21. The van der Waals surface area contributed by atoms with Crippen molar-refractivity contribution in [2.24, 2.45) is 0 Å². The number of thiophene rings is 1. The minimum Gasteiger partial charge on any atom is -0.465 e. The lowest BCUT2D eigenvalue weighted by atomic mass is 10.1. The zero-order chi connectivity index (χ0) is 60.4. The molecule has 28 nitrogen and oxygen atoms in total. The van der Waals surface area contributed by atoms with Gasteiger partial charge in [-0.25, -0.2) is 48.7 Å². The second-order valence-corrected chi connectivity index (χ2v) is 22.7. The van der Waals surface area contributed by atoms with Gasteiger partial charge >= 0.3 is 5.97 Å². The van der Waals surface area contributed by atoms with Gasteiger partial charge in [0.2, 0.25) is 16.9 Å². The number of esters is 1. The fourth-order valence-corrected chi connectivity index (χ4v) is 11.9. The van der Waals surface area contributed by atoms with E-state index in [0.717, 1.165) is 75.1 Å². The molecule has 0 saturated carbocycles. The van der Waals surface area contributed by atoms with Crippen LogP contribution in [-0.4, -0.2) is 163 Å². The SMILES string of the molecule is COC(=O)c1ccn2ccc(Cn3nnc4ncc(-c5cnn(CCO)c5)nc43)cc12.OCCn1cc(-c2cnc3nnn(Cc4ccn5ccc(Br)c5c4)c3n2)cn1.c1ccc2sc(Cn3nnc4ncc(-c5cnn(C6CCOCC6)c5)nc43)cc2c1. The predicted molar refractivity (Wildman–Crippen MR) is 329 cm³/mol. The molecule has 15 heterocycles. The van der Waals surface area contributed by atoms with E-state index in [-0.39, 0.29) is 19.2 Å². The summed E-state index contributed by atoms with van der Waals surface area (Å²) in [6.45, 7) is 4.01. The van der Waals surface area contributed by atoms with Crippen LogP contribution in [0.2, 0.25) is 0 Å². The van der Waals surface area contributed by atoms with Gasteiger partial charge in [-0.05, 0) is 93.8 Å². The van der Waals surface area contributed by atoms with Gasteiger partial charge in [0.25, 0.3) is 0 Å². The highest BCUT2D eigenvalue weighted by Gasteiger charge is 2.20. The molecule has 1 saturated heterocycles. The summed E-state index contributed by atoms with van der Waals surface area (Å²) in [5, 5.41) is 57.5. The molecule has 0 aliphatic carbocycles. The lowest BCUT2D eigenvalue weighted by Crippen LogP contribution is -2.19. The molecule has 89 heavy (non-hydrogen) atoms. The highest BCUT2D eigenvalue weighted by atomic mass is 79.9. The monoisotopic (exact) mass is 1270 g/mol. The lowest BCUT2D eigenvalue weighted by Gasteiger charge is -2.22. The number of rotatable bonds is 15. The summed E-state index contributed by atoms with van der Waals surface area (Å²) >= 11 is 5.33. The fraction of sp³-hybridized carbons (Fsp3) is 0.220. The summed E-state index contributed by atoms with van der Waals surface area (Å²) in [5.41, 5.74) is 12.3. The second kappa shape index (κ2) is 24.8. The minimum atomic E-state index is -0.386. The summed E-state index contributed by atoms with van der Waals surface area (Å²) in [6.07, 6.45) is 25.6. The number of aliphatic hydroxyl groups is 2. The summed E-state index contributed by atoms with van der Waals surface area (Å²) < 4.78 is 27.1. The van der Waals surface area contributed by atoms with Gasteiger partial charge < -0.3 is 28.5 Å². The normalized spacial score (nSPS) is 12.8. The van der Waals surface area contributed by atoms with Crippen molar-refractivity contribution < 1.29 is 24.5 Å². The molecule has 0 radical (unpaired) electrons. The average Bonchev–Trinajstić information content (AvgIpc) is 3.18. The molecule has 0 spiro atoms. The number of ether oxygens (including phenoxy) is 2. The van der Waals surface area contributed by atoms with E-state index in [1.54, 1.807) is 73.3 Å². The van der Waals surface area contributed by atoms with Crippen LogP contribution < -0.4 is 0 Å². The van der Waals surface area contributed by atoms with Crippen molar-refractivity contribution >= 4 is 88.2 Å². The third-order valence-electron chi connectivity index (χ3n) is 14.9. The largest absolute Gasteiger partial charge is 0.465 e. The Balaban J connectivity index is 0.000000117. The molecule has 1 aliphatic rings. The van der Waals surface area contributed by atoms with Gasteiger partial charge in [-0.1, -0.05) is 33.8 Å². The fourth-order valence-electron chi connectivity index (χ4n) is 10.4. The van der Waals surface area contributed by atoms with Crippen LogP contribution in [0.1, 0.15) is 45.2 Å². The molecule has 0 bridgehead atoms. The molecule has 1 aromatic carbocycles. The van der Waals surface area contributed by atoms with E-state index >= 15 is 0 Å². The molecule has 446 valence electrons. The molecule has 14 aromatic heterocycles. The zero-order valence-corrected chi connectivity index (χ0v) is 49.8. The maximum atomic E-state index is 12.0. The smallest absolute Gasteiger partial charge is 0.340 e. The van der Waals surface area contributed by atoms with Gasteiger partial charge in [-0.15, -0.1) is 26.6 Å². The maximum Gasteiger partial charge on any atom is 0.340 e. The van der Waals surface area contributed by atoms with Crippen LogP contribution in [0.15, 0.2) is 152 Å². The summed E-state index contributed by atoms with van der Waals surface area (Å²) in [6, 6.07) is 22.7. The number of pyridine rings is 2. The Hall–Kier alpha value is -10.4. The molecule has 15 aromatic rings. The van der Waals surface area contributed by atoms with Crippen LogP contribution >= 0.6 is 27.3 Å². The van der Waals surface area contributed by atoms with E-state index in [4.69, 9.17) is 29.7 Å². The van der Waals surface area contributed by atoms with Crippen molar-refractivity contribution in [3.8, 4) is 33.8 Å². The van der Waals surface area contributed by atoms with Crippen LogP contribution in [0.4, 0.5) is 0 Å². The molecule has 30 heteroatoms. The number of aromatic nitrogens is 23. The van der Waals surface area contributed by atoms with Gasteiger partial charge in [0.05, 0.1) is 130 Å². The van der Waals surface area contributed by atoms with E-state index in [2.05, 4.69) is 123 Å². The predicted octanol–water partition coefficient (Wildman–Crippen LogP) is 7.00. The first-order chi connectivity index (χ1) is 43.7. The van der Waals surface area contributed by atoms with E-state index < -0.39 is 0 Å². The van der Waals surface area contributed by atoms with Crippen molar-refractivity contribution in [2.45, 2.75) is 51.6 Å². The first-order valence-corrected chi connectivity index (χ1v) is 29.8. The van der Waals surface area contributed by atoms with Gasteiger partial charge in [-0.2, -0.15) is 15.3 Å². The Labute approximate surface area is 515 Å². The topological polar surface area (TPSA) is 308 Å². The summed E-state index contributed by atoms with van der Waals surface area (Å²) in [5.74, 6) is -0.386. The van der Waals surface area contributed by atoms with Gasteiger partial charge in [0.1, 0.15) is 0 Å². The van der Waals surface area contributed by atoms with Crippen LogP contribution in [0, 0.1) is 0 Å². The van der Waals surface area contributed by atoms with Gasteiger partial charge in [0, 0.05) is 87.3 Å². The van der Waals surface area contributed by atoms with E-state index in [9.17, 15) is 4.79 Å². The third-order valence-corrected chi connectivity index (χ3v) is 16.7. The van der Waals surface area contributed by atoms with Gasteiger partial charge in [-0.3, -0.25) is 14.0 Å². The Morgan fingerprint density at radius 2 is 1.13 bits per heavy atom. The number of aliphatic hydroxyl groups excluding tert-OH is 2. The molecule has 1 aliphatic heterocycles. The Morgan fingerprint density at radius 3 is 1.71 bits per heavy atom. The zero-order valence-electron chi connectivity index (χ0n) is 47.4. The van der Waals surface area contributed by atoms with E-state index in [1.165, 1.54) is 22.1 Å². The number of halogens is 1. The number of carbonyl (C=O) groups excluding carboxylic acids is 1. The molecule has 0 amide bonds. The number of carbonyl (C=O) groups is 1. The first-order valence-electron chi connectivity index (χ1n) is 28.2. The molecular weight excluding hydrogens is 1220 g/mol. The summed E-state index contributed by atoms with van der Waals surface area (Å²) in [7, 11) is 1.36. The average molecular weight is 1280 g/mol. The number of nitrogens with zero attached hydrogens (tertiary/aromatic N) is 23. The molecule has 0 atom stereocenters. The lowest BCUT2D eigenvalue weighted by molar-refractivity contribution is 0.0603.